The number of ketones is 1. The van der Waals surface area contributed by atoms with Gasteiger partial charge >= 0.3 is 5.97 Å². The zero-order valence-electron chi connectivity index (χ0n) is 36.0. The molecule has 6 aliphatic rings. The van der Waals surface area contributed by atoms with Crippen molar-refractivity contribution in [3.05, 3.63) is 126 Å². The van der Waals surface area contributed by atoms with Crippen LogP contribution in [0.2, 0.25) is 0 Å². The van der Waals surface area contributed by atoms with Gasteiger partial charge in [0.15, 0.2) is 5.78 Å². The largest absolute Gasteiger partial charge is 0.515 e. The Hall–Kier alpha value is -5.15. The number of nitrogens with zero attached hydrogens (tertiary/aromatic N) is 3. The Morgan fingerprint density at radius 1 is 0.914 bits per heavy atom. The zero-order chi connectivity index (χ0) is 42.0. The SMILES string of the molecule is CCC1=C2C=C3N=C4C(=C5NC(=C(C)C6=NC(=CC(=N2)/C1=C/O)C(C(C)O)=C6C)[C@@H](C)[C@@H]5CCC(=O)OC/C=C(\C)CC/C=C(\C)CCC=C(C)C)CC(=O)C4=C3C. The Kier molecular flexibility index (Phi) is 13.0. The van der Waals surface area contributed by atoms with Gasteiger partial charge in [0.25, 0.3) is 0 Å². The molecule has 0 radical (unpaired) electrons. The number of nitrogens with one attached hydrogen (secondary N) is 1. The van der Waals surface area contributed by atoms with Crippen molar-refractivity contribution in [2.45, 2.75) is 127 Å². The summed E-state index contributed by atoms with van der Waals surface area (Å²) < 4.78 is 5.74. The highest BCUT2D eigenvalue weighted by Crippen LogP contribution is 2.46. The lowest BCUT2D eigenvalue weighted by Gasteiger charge is -2.17. The second kappa shape index (κ2) is 17.8. The van der Waals surface area contributed by atoms with E-state index in [-0.39, 0.29) is 43.0 Å². The molecule has 0 spiro atoms. The van der Waals surface area contributed by atoms with Crippen molar-refractivity contribution in [1.29, 1.82) is 0 Å². The molecule has 3 atom stereocenters. The Bertz CT molecular complexity index is 2260. The number of allylic oxidation sites excluding steroid dienone is 16. The van der Waals surface area contributed by atoms with Gasteiger partial charge in [-0.25, -0.2) is 15.0 Å². The van der Waals surface area contributed by atoms with E-state index < -0.39 is 6.10 Å². The first-order valence-corrected chi connectivity index (χ1v) is 20.9. The van der Waals surface area contributed by atoms with Crippen LogP contribution in [0.4, 0.5) is 0 Å². The second-order valence-corrected chi connectivity index (χ2v) is 16.7. The number of carbonyl (C=O) groups is 2. The van der Waals surface area contributed by atoms with E-state index in [2.05, 4.69) is 52.1 Å². The van der Waals surface area contributed by atoms with Gasteiger partial charge in [0, 0.05) is 58.4 Å². The van der Waals surface area contributed by atoms with Crippen LogP contribution in [0.1, 0.15) is 121 Å². The van der Waals surface area contributed by atoms with Gasteiger partial charge in [-0.3, -0.25) is 9.59 Å². The first kappa shape index (κ1) is 42.5. The van der Waals surface area contributed by atoms with Gasteiger partial charge in [0.2, 0.25) is 0 Å². The van der Waals surface area contributed by atoms with Gasteiger partial charge in [-0.1, -0.05) is 42.7 Å². The quantitative estimate of drug-likeness (QED) is 0.0968. The Morgan fingerprint density at radius 2 is 1.60 bits per heavy atom. The maximum Gasteiger partial charge on any atom is 0.306 e. The van der Waals surface area contributed by atoms with Crippen LogP contribution < -0.4 is 5.32 Å². The van der Waals surface area contributed by atoms with E-state index >= 15 is 0 Å². The number of ether oxygens (including phenoxy) is 1. The summed E-state index contributed by atoms with van der Waals surface area (Å²) in [5, 5.41) is 25.2. The number of rotatable bonds is 13. The van der Waals surface area contributed by atoms with Gasteiger partial charge in [-0.15, -0.1) is 0 Å². The molecule has 1 saturated heterocycles. The Balaban J connectivity index is 1.31. The minimum Gasteiger partial charge on any atom is -0.515 e. The predicted octanol–water partition coefficient (Wildman–Crippen LogP) is 10.4. The summed E-state index contributed by atoms with van der Waals surface area (Å²) in [6, 6.07) is 0. The number of fused-ring (bicyclic) bond motifs is 5. The smallest absolute Gasteiger partial charge is 0.306 e. The van der Waals surface area contributed by atoms with E-state index in [1.54, 1.807) is 6.92 Å². The molecule has 1 saturated carbocycles. The van der Waals surface area contributed by atoms with E-state index in [0.29, 0.717) is 58.1 Å². The zero-order valence-corrected chi connectivity index (χ0v) is 36.0. The van der Waals surface area contributed by atoms with Crippen LogP contribution >= 0.6 is 0 Å². The number of aliphatic imine (C=N–C) groups is 3. The number of carbonyl (C=O) groups excluding carboxylic acids is 2. The summed E-state index contributed by atoms with van der Waals surface area (Å²) in [6.45, 7) is 20.6. The highest BCUT2D eigenvalue weighted by atomic mass is 16.5. The van der Waals surface area contributed by atoms with Crippen molar-refractivity contribution in [1.82, 2.24) is 5.32 Å². The molecule has 8 bridgehead atoms. The van der Waals surface area contributed by atoms with E-state index in [1.165, 1.54) is 16.7 Å². The second-order valence-electron chi connectivity index (χ2n) is 16.7. The van der Waals surface area contributed by atoms with E-state index in [9.17, 15) is 19.8 Å². The van der Waals surface area contributed by atoms with Crippen molar-refractivity contribution < 1.29 is 24.5 Å². The van der Waals surface area contributed by atoms with Crippen LogP contribution in [-0.2, 0) is 14.3 Å². The maximum atomic E-state index is 13.8. The lowest BCUT2D eigenvalue weighted by Crippen LogP contribution is -2.16. The number of esters is 1. The molecule has 2 fully saturated rings. The van der Waals surface area contributed by atoms with Crippen LogP contribution in [0.25, 0.3) is 0 Å². The summed E-state index contributed by atoms with van der Waals surface area (Å²) in [7, 11) is 0. The van der Waals surface area contributed by atoms with Gasteiger partial charge in [-0.05, 0) is 134 Å². The molecule has 5 aliphatic heterocycles. The average Bonchev–Trinajstić information content (AvgIpc) is 3.94. The van der Waals surface area contributed by atoms with Gasteiger partial charge in [0.05, 0.1) is 46.6 Å². The standard InChI is InChI=1S/C49H60N4O5/c1-11-34-37(25-54)40-24-41-44(33(10)55)31(8)47(52-41)32(9)46-29(6)35(18-19-43(57)58-21-20-28(5)17-13-16-27(4)15-12-14-26(2)3)48(53-46)36-22-42(56)45-30(7)38(51-49(36)45)23-39(34)50-40/h14,16,20,23-25,29,33,35,53-55H,11-13,15,17-19,21-22H2,1-10H3/b27-16+,28-20+,37-25+,38-23?,41-24?,46-32?,48-36?/t29-,33?,35-/m0/s1. The lowest BCUT2D eigenvalue weighted by molar-refractivity contribution is -0.142. The fourth-order valence-electron chi connectivity index (χ4n) is 8.98. The molecular formula is C49H60N4O5. The molecule has 5 heterocycles. The highest BCUT2D eigenvalue weighted by molar-refractivity contribution is 6.38. The van der Waals surface area contributed by atoms with Crippen LogP contribution in [-0.4, -0.2) is 51.8 Å². The topological polar surface area (TPSA) is 133 Å². The lowest BCUT2D eigenvalue weighted by atomic mass is 9.85. The fraction of sp³-hybridized carbons (Fsp3) is 0.449. The first-order valence-electron chi connectivity index (χ1n) is 20.9. The van der Waals surface area contributed by atoms with Gasteiger partial charge in [0.1, 0.15) is 6.61 Å². The number of aliphatic hydroxyl groups is 2. The molecule has 306 valence electrons. The van der Waals surface area contributed by atoms with E-state index in [4.69, 9.17) is 19.7 Å². The van der Waals surface area contributed by atoms with Crippen molar-refractivity contribution in [2.75, 3.05) is 6.61 Å². The van der Waals surface area contributed by atoms with Gasteiger partial charge < -0.3 is 20.3 Å². The number of hydrogen-bond acceptors (Lipinski definition) is 9. The highest BCUT2D eigenvalue weighted by Gasteiger charge is 2.44. The Labute approximate surface area is 344 Å². The molecule has 0 amide bonds. The van der Waals surface area contributed by atoms with Crippen LogP contribution in [0.15, 0.2) is 141 Å². The molecule has 1 unspecified atom stereocenters. The summed E-state index contributed by atoms with van der Waals surface area (Å²) in [6.07, 6.45) is 16.2. The van der Waals surface area contributed by atoms with E-state index in [1.807, 2.05) is 45.9 Å². The molecule has 9 nitrogen and oxygen atoms in total. The molecule has 0 aromatic rings. The molecule has 0 aromatic carbocycles. The monoisotopic (exact) mass is 784 g/mol. The third-order valence-corrected chi connectivity index (χ3v) is 12.2. The molecule has 3 N–H and O–H groups in total. The summed E-state index contributed by atoms with van der Waals surface area (Å²) in [4.78, 5) is 42.2. The minimum absolute atomic E-state index is 0.0194. The predicted molar refractivity (Wildman–Crippen MR) is 234 cm³/mol. The van der Waals surface area contributed by atoms with Crippen molar-refractivity contribution in [2.24, 2.45) is 26.8 Å². The van der Waals surface area contributed by atoms with Crippen LogP contribution in [0, 0.1) is 11.8 Å². The van der Waals surface area contributed by atoms with Crippen molar-refractivity contribution in [3.63, 3.8) is 0 Å². The van der Waals surface area contributed by atoms with Gasteiger partial charge in [-0.2, -0.15) is 0 Å². The van der Waals surface area contributed by atoms with E-state index in [0.717, 1.165) is 76.9 Å². The molecule has 58 heavy (non-hydrogen) atoms. The van der Waals surface area contributed by atoms with Crippen LogP contribution in [0.3, 0.4) is 0 Å². The van der Waals surface area contributed by atoms with Crippen LogP contribution in [0.5, 0.6) is 0 Å². The summed E-state index contributed by atoms with van der Waals surface area (Å²) in [5.41, 5.74) is 15.9. The summed E-state index contributed by atoms with van der Waals surface area (Å²) >= 11 is 0. The molecule has 9 heteroatoms. The number of Topliss-reactive ketones (excluding diaryl/α,β-unsaturated/α-hetero) is 1. The summed E-state index contributed by atoms with van der Waals surface area (Å²) in [5.74, 6) is -0.395. The molecule has 6 rings (SSSR count). The maximum absolute atomic E-state index is 13.8. The third-order valence-electron chi connectivity index (χ3n) is 12.2. The number of hydrogen-bond donors (Lipinski definition) is 3. The first-order chi connectivity index (χ1) is 27.6. The number of aliphatic hydroxyl groups excluding tert-OH is 2. The van der Waals surface area contributed by atoms with Crippen molar-refractivity contribution in [3.8, 4) is 0 Å². The average molecular weight is 785 g/mol. The molecular weight excluding hydrogens is 725 g/mol. The third kappa shape index (κ3) is 8.51. The molecule has 1 aliphatic carbocycles. The van der Waals surface area contributed by atoms with Crippen molar-refractivity contribution >= 4 is 28.9 Å². The fourth-order valence-corrected chi connectivity index (χ4v) is 8.98. The molecule has 0 aromatic heterocycles. The minimum atomic E-state index is -0.800. The Morgan fingerprint density at radius 3 is 2.28 bits per heavy atom. The normalized spacial score (nSPS) is 23.2.